The molecule has 0 rings (SSSR count). The average Bonchev–Trinajstić information content (AvgIpc) is 0.722. The van der Waals surface area contributed by atoms with Gasteiger partial charge in [0.15, 0.2) is 0 Å². The van der Waals surface area contributed by atoms with Crippen LogP contribution in [-0.4, -0.2) is 197 Å². The monoisotopic (exact) mass is 3020 g/mol. The van der Waals surface area contributed by atoms with Crippen LogP contribution >= 0.6 is 7.82 Å². The van der Waals surface area contributed by atoms with E-state index in [0.29, 0.717) is 0 Å². The first kappa shape index (κ1) is 1430. The van der Waals surface area contributed by atoms with Crippen LogP contribution in [0, 0.1) is 0 Å². The van der Waals surface area contributed by atoms with Gasteiger partial charge in [0.05, 0.1) is 0 Å². The van der Waals surface area contributed by atoms with Crippen LogP contribution in [0.15, 0.2) is 0 Å². The maximum absolute atomic E-state index is 8.55. The Hall–Kier alpha value is 9.93. The summed E-state index contributed by atoms with van der Waals surface area (Å²) < 4.78 is 8.55. The quantitative estimate of drug-likeness (QED) is 0.168. The molecule has 40 nitrogen and oxygen atoms in total. The Labute approximate surface area is 556 Å². The fourth-order valence-corrected chi connectivity index (χ4v) is 0. The second-order valence-corrected chi connectivity index (χ2v) is 1.34. The Balaban J connectivity index is -0.0000000000627. The van der Waals surface area contributed by atoms with E-state index < -0.39 is 7.82 Å². The van der Waals surface area contributed by atoms with Crippen molar-refractivity contribution < 1.29 is 558 Å². The fraction of sp³-hybridized carbons (Fsp3) is 0. The second kappa shape index (κ2) is 1050. The summed E-state index contributed by atoms with van der Waals surface area (Å²) in [5.74, 6) is 0. The van der Waals surface area contributed by atoms with E-state index in [9.17, 15) is 0 Å². The number of phosphoric acid groups is 1. The Morgan fingerprint density at radius 2 is 0.161 bits per heavy atom. The van der Waals surface area contributed by atoms with Gasteiger partial charge in [0.1, 0.15) is 0 Å². The van der Waals surface area contributed by atoms with E-state index >= 15 is 0 Å². The molecule has 0 aromatic carbocycles. The summed E-state index contributed by atoms with van der Waals surface area (Å²) in [4.78, 5) is 25.6. The second-order valence-electron chi connectivity index (χ2n) is 0.447. The molecule has 56 heavy (non-hydrogen) atoms. The predicted molar refractivity (Wildman–Crippen MR) is 138 cm³/mol. The van der Waals surface area contributed by atoms with Crippen molar-refractivity contribution in [3.05, 3.63) is 0 Å². The van der Waals surface area contributed by atoms with Crippen LogP contribution < -0.4 is 103 Å². The van der Waals surface area contributed by atoms with Crippen LogP contribution in [0.3, 0.4) is 0 Å². The van der Waals surface area contributed by atoms with Crippen molar-refractivity contribution in [3.8, 4) is 0 Å². The molecule has 0 spiro atoms. The van der Waals surface area contributed by atoms with Gasteiger partial charge in [0, 0.05) is 253 Å². The summed E-state index contributed by atoms with van der Waals surface area (Å²) in [6, 6.07) is 0. The molecule has 0 aliphatic carbocycles. The Kier molecular flexibility index (Phi) is 26800. The zero-order valence-corrected chi connectivity index (χ0v) is 70.1. The molecule has 392 valence electrons. The van der Waals surface area contributed by atoms with Gasteiger partial charge < -0.3 is 216 Å². The van der Waals surface area contributed by atoms with E-state index in [4.69, 9.17) is 19.2 Å². The molecule has 0 amide bonds. The van der Waals surface area contributed by atoms with E-state index in [1.165, 1.54) is 0 Å². The maximum Gasteiger partial charge on any atom is 1.00 e. The van der Waals surface area contributed by atoms with Crippen LogP contribution in [-0.2, 0) is 257 Å². The molecule has 0 heterocycles. The van der Waals surface area contributed by atoms with Crippen LogP contribution in [0.2, 0.25) is 0 Å². The predicted octanol–water partition coefficient (Wildman–Crippen LogP) is -41.5. The summed E-state index contributed by atoms with van der Waals surface area (Å²) in [6.45, 7) is 0. The molecule has 0 aliphatic rings. The van der Waals surface area contributed by atoms with Gasteiger partial charge in [0.25, 0.3) is 0 Å². The van der Waals surface area contributed by atoms with Gasteiger partial charge in [-0.25, -0.2) is 0 Å². The molecule has 0 aromatic rings. The molecular formula is H72Na3O40PW12. The van der Waals surface area contributed by atoms with Crippen molar-refractivity contribution in [1.29, 1.82) is 0 Å². The number of hydrogen-bond acceptors (Lipinski definition) is 4. The van der Waals surface area contributed by atoms with Crippen molar-refractivity contribution >= 4 is 7.82 Å². The van der Waals surface area contributed by atoms with Crippen LogP contribution in [0.1, 0.15) is 0 Å². The largest absolute Gasteiger partial charge is 1.00 e. The third kappa shape index (κ3) is 2570. The van der Waals surface area contributed by atoms with Crippen LogP contribution in [0.4, 0.5) is 0 Å². The normalized spacial score (nSPS) is 1.05. The topological polar surface area (TPSA) is 1220 Å². The average molecular weight is 3020 g/mol. The molecule has 0 saturated carbocycles. The fourth-order valence-electron chi connectivity index (χ4n) is 0. The molecule has 0 radical (unpaired) electrons. The van der Waals surface area contributed by atoms with E-state index in [1.807, 2.05) is 0 Å². The van der Waals surface area contributed by atoms with Gasteiger partial charge in [-0.3, -0.25) is 0 Å². The Morgan fingerprint density at radius 3 is 0.161 bits per heavy atom. The van der Waals surface area contributed by atoms with Crippen molar-refractivity contribution in [2.45, 2.75) is 0 Å². The van der Waals surface area contributed by atoms with E-state index in [0.717, 1.165) is 0 Å². The minimum absolute atomic E-state index is 0. The molecule has 0 bridgehead atoms. The van der Waals surface area contributed by atoms with Crippen molar-refractivity contribution in [2.24, 2.45) is 0 Å². The standard InChI is InChI=1S/3Na.H3O4P.36H2O.12W/c;;;1-5(2,3)4;;;;;;;;;;;;;;;;;;;;;;;;;;;;;;;;;;;;;;;;;;;;;;;;/h;;;(H3,1,2,3,4);36*1H2;;;;;;;;;;;;/q3*+1;;;;;;;;;;;;;;;;;;;;;;;;;;;;;;;;;;;;;;;;;;;;;;;;;/p-3. The SMILES string of the molecule is O.O.O.O.O.O.O.O.O.O.O.O.O.O.O.O.O.O.O.O.O.O.O.O.O.O.O.O.O.O.O.O.O.O.O.O.O=P([O-])([O-])[O-].[Na+].[Na+].[Na+].[W].[W].[W].[W].[W].[W].[W].[W].[W].[W].[W].[W]. The van der Waals surface area contributed by atoms with E-state index in [1.54, 1.807) is 0 Å². The summed E-state index contributed by atoms with van der Waals surface area (Å²) in [7, 11) is -5.39. The molecular weight excluding hydrogens is 2950 g/mol. The van der Waals surface area contributed by atoms with Gasteiger partial charge >= 0.3 is 88.7 Å². The number of hydrogen-bond donors (Lipinski definition) is 0. The molecule has 72 N–H and O–H groups in total. The smallest absolute Gasteiger partial charge is 0.822 e. The first-order valence-electron chi connectivity index (χ1n) is 0.730. The van der Waals surface area contributed by atoms with Crippen molar-refractivity contribution in [1.82, 2.24) is 0 Å². The Morgan fingerprint density at radius 1 is 0.161 bits per heavy atom. The maximum atomic E-state index is 8.55. The van der Waals surface area contributed by atoms with Gasteiger partial charge in [-0.15, -0.1) is 0 Å². The first-order valence-corrected chi connectivity index (χ1v) is 2.19. The van der Waals surface area contributed by atoms with Crippen molar-refractivity contribution in [3.63, 3.8) is 0 Å². The first-order chi connectivity index (χ1) is 2.00. The Bertz CT molecular complexity index is 111. The number of rotatable bonds is 0. The van der Waals surface area contributed by atoms with Gasteiger partial charge in [-0.2, -0.15) is 7.82 Å². The molecule has 0 fully saturated rings. The van der Waals surface area contributed by atoms with Crippen molar-refractivity contribution in [2.75, 3.05) is 0 Å². The van der Waals surface area contributed by atoms with Gasteiger partial charge in [-0.1, -0.05) is 0 Å². The van der Waals surface area contributed by atoms with Gasteiger partial charge in [-0.05, 0) is 0 Å². The molecule has 0 aliphatic heterocycles. The molecule has 0 unspecified atom stereocenters. The molecule has 0 atom stereocenters. The minimum atomic E-state index is -5.39. The molecule has 0 aromatic heterocycles. The zero-order valence-electron chi connectivity index (χ0n) is 28.0. The minimum Gasteiger partial charge on any atom is -0.822 e. The molecule has 0 saturated heterocycles. The summed E-state index contributed by atoms with van der Waals surface area (Å²) in [5, 5.41) is 0. The van der Waals surface area contributed by atoms with E-state index in [-0.39, 0.29) is 539 Å². The van der Waals surface area contributed by atoms with Crippen LogP contribution in [0.25, 0.3) is 0 Å². The third-order valence-electron chi connectivity index (χ3n) is 0. The summed E-state index contributed by atoms with van der Waals surface area (Å²) >= 11 is 0. The van der Waals surface area contributed by atoms with Gasteiger partial charge in [0.2, 0.25) is 0 Å². The third-order valence-corrected chi connectivity index (χ3v) is 0. The molecule has 56 heteroatoms. The van der Waals surface area contributed by atoms with E-state index in [2.05, 4.69) is 0 Å². The summed E-state index contributed by atoms with van der Waals surface area (Å²) in [5.41, 5.74) is 0. The summed E-state index contributed by atoms with van der Waals surface area (Å²) in [6.07, 6.45) is 0. The van der Waals surface area contributed by atoms with Crippen LogP contribution in [0.5, 0.6) is 0 Å². The zero-order chi connectivity index (χ0) is 4.50.